The molecule has 0 saturated carbocycles. The Morgan fingerprint density at radius 3 is 2.67 bits per heavy atom. The van der Waals surface area contributed by atoms with E-state index in [-0.39, 0.29) is 10.8 Å². The zero-order chi connectivity index (χ0) is 15.2. The molecule has 0 fully saturated rings. The van der Waals surface area contributed by atoms with Crippen LogP contribution in [-0.4, -0.2) is 17.0 Å². The number of hydrogen-bond donors (Lipinski definition) is 2. The average Bonchev–Trinajstić information content (AvgIpc) is 2.78. The summed E-state index contributed by atoms with van der Waals surface area (Å²) in [5.41, 5.74) is 8.39. The van der Waals surface area contributed by atoms with E-state index in [1.165, 1.54) is 0 Å². The molecule has 0 aliphatic heterocycles. The molecule has 5 nitrogen and oxygen atoms in total. The van der Waals surface area contributed by atoms with Crippen LogP contribution in [0.5, 0.6) is 0 Å². The molecule has 1 aromatic carbocycles. The number of thiazole rings is 1. The van der Waals surface area contributed by atoms with Crippen molar-refractivity contribution in [1.29, 1.82) is 0 Å². The molecule has 2 rings (SSSR count). The van der Waals surface area contributed by atoms with E-state index in [1.54, 1.807) is 9.95 Å². The summed E-state index contributed by atoms with van der Waals surface area (Å²) in [6.07, 6.45) is 1.09. The van der Waals surface area contributed by atoms with E-state index in [2.05, 4.69) is 5.32 Å². The van der Waals surface area contributed by atoms with Crippen LogP contribution in [0.1, 0.15) is 17.7 Å². The summed E-state index contributed by atoms with van der Waals surface area (Å²) in [7, 11) is 0. The van der Waals surface area contributed by atoms with E-state index >= 15 is 0 Å². The van der Waals surface area contributed by atoms with Gasteiger partial charge in [0.05, 0.1) is 0 Å². The molecule has 2 aromatic rings. The highest BCUT2D eigenvalue weighted by Crippen LogP contribution is 2.05. The summed E-state index contributed by atoms with van der Waals surface area (Å²) in [4.78, 5) is 23.3. The van der Waals surface area contributed by atoms with Gasteiger partial charge < -0.3 is 15.6 Å². The van der Waals surface area contributed by atoms with Crippen molar-refractivity contribution in [2.45, 2.75) is 26.3 Å². The van der Waals surface area contributed by atoms with E-state index in [9.17, 15) is 9.59 Å². The Morgan fingerprint density at radius 2 is 2.05 bits per heavy atom. The molecule has 1 heterocycles. The van der Waals surface area contributed by atoms with Crippen LogP contribution in [0.3, 0.4) is 0 Å². The lowest BCUT2D eigenvalue weighted by Crippen LogP contribution is -2.28. The third-order valence-electron chi connectivity index (χ3n) is 3.25. The van der Waals surface area contributed by atoms with Crippen molar-refractivity contribution in [3.8, 4) is 0 Å². The highest BCUT2D eigenvalue weighted by atomic mass is 32.1. The van der Waals surface area contributed by atoms with Crippen molar-refractivity contribution in [2.24, 2.45) is 0 Å². The minimum Gasteiger partial charge on any atom is -0.399 e. The number of amides is 1. The average molecular weight is 305 g/mol. The SMILES string of the molecule is Cc1csc(=O)n1CCC(=O)NCCc1ccc(N)cc1. The van der Waals surface area contributed by atoms with Gasteiger partial charge in [0.2, 0.25) is 5.91 Å². The standard InChI is InChI=1S/C15H19N3O2S/c1-11-10-21-15(20)18(11)9-7-14(19)17-8-6-12-2-4-13(16)5-3-12/h2-5,10H,6-9,16H2,1H3,(H,17,19). The van der Waals surface area contributed by atoms with Crippen molar-refractivity contribution in [1.82, 2.24) is 9.88 Å². The maximum Gasteiger partial charge on any atom is 0.307 e. The fourth-order valence-electron chi connectivity index (χ4n) is 2.01. The normalized spacial score (nSPS) is 10.5. The predicted molar refractivity (Wildman–Crippen MR) is 85.5 cm³/mol. The van der Waals surface area contributed by atoms with Crippen molar-refractivity contribution >= 4 is 22.9 Å². The van der Waals surface area contributed by atoms with E-state index in [0.29, 0.717) is 19.5 Å². The number of nitrogens with one attached hydrogen (secondary N) is 1. The van der Waals surface area contributed by atoms with Crippen LogP contribution < -0.4 is 15.9 Å². The summed E-state index contributed by atoms with van der Waals surface area (Å²) in [6.45, 7) is 2.89. The molecule has 0 unspecified atom stereocenters. The number of nitrogens with zero attached hydrogens (tertiary/aromatic N) is 1. The van der Waals surface area contributed by atoms with Gasteiger partial charge in [-0.25, -0.2) is 0 Å². The largest absolute Gasteiger partial charge is 0.399 e. The van der Waals surface area contributed by atoms with Crippen LogP contribution in [0.25, 0.3) is 0 Å². The first-order valence-electron chi connectivity index (χ1n) is 6.82. The van der Waals surface area contributed by atoms with Crippen molar-refractivity contribution < 1.29 is 4.79 Å². The molecule has 0 radical (unpaired) electrons. The lowest BCUT2D eigenvalue weighted by atomic mass is 10.1. The smallest absolute Gasteiger partial charge is 0.307 e. The number of aromatic nitrogens is 1. The van der Waals surface area contributed by atoms with Gasteiger partial charge in [-0.2, -0.15) is 0 Å². The van der Waals surface area contributed by atoms with E-state index in [0.717, 1.165) is 34.7 Å². The fraction of sp³-hybridized carbons (Fsp3) is 0.333. The highest BCUT2D eigenvalue weighted by molar-refractivity contribution is 7.07. The second-order valence-corrected chi connectivity index (χ2v) is 5.71. The quantitative estimate of drug-likeness (QED) is 0.795. The number of rotatable bonds is 6. The number of hydrogen-bond acceptors (Lipinski definition) is 4. The summed E-state index contributed by atoms with van der Waals surface area (Å²) >= 11 is 1.16. The number of benzene rings is 1. The molecule has 0 saturated heterocycles. The van der Waals surface area contributed by atoms with Crippen molar-refractivity contribution in [3.63, 3.8) is 0 Å². The molecule has 6 heteroatoms. The topological polar surface area (TPSA) is 77.1 Å². The summed E-state index contributed by atoms with van der Waals surface area (Å²) in [5, 5.41) is 4.67. The molecular weight excluding hydrogens is 286 g/mol. The Kier molecular flexibility index (Phi) is 5.16. The molecule has 1 aromatic heterocycles. The van der Waals surface area contributed by atoms with Crippen LogP contribution in [-0.2, 0) is 17.8 Å². The van der Waals surface area contributed by atoms with Gasteiger partial charge in [0.25, 0.3) is 0 Å². The van der Waals surface area contributed by atoms with Gasteiger partial charge in [-0.15, -0.1) is 0 Å². The van der Waals surface area contributed by atoms with Gasteiger partial charge in [0.15, 0.2) is 0 Å². The molecular formula is C15H19N3O2S. The zero-order valence-corrected chi connectivity index (χ0v) is 12.8. The number of anilines is 1. The second-order valence-electron chi connectivity index (χ2n) is 4.89. The third kappa shape index (κ3) is 4.46. The van der Waals surface area contributed by atoms with Crippen LogP contribution >= 0.6 is 11.3 Å². The molecule has 3 N–H and O–H groups in total. The summed E-state index contributed by atoms with van der Waals surface area (Å²) < 4.78 is 1.63. The lowest BCUT2D eigenvalue weighted by Gasteiger charge is -2.07. The highest BCUT2D eigenvalue weighted by Gasteiger charge is 2.06. The number of aryl methyl sites for hydroxylation is 1. The van der Waals surface area contributed by atoms with Crippen LogP contribution in [0.2, 0.25) is 0 Å². The van der Waals surface area contributed by atoms with Gasteiger partial charge in [0.1, 0.15) is 0 Å². The Balaban J connectivity index is 1.73. The van der Waals surface area contributed by atoms with Crippen LogP contribution in [0.4, 0.5) is 5.69 Å². The van der Waals surface area contributed by atoms with E-state index < -0.39 is 0 Å². The first kappa shape index (κ1) is 15.3. The maximum absolute atomic E-state index is 11.8. The third-order valence-corrected chi connectivity index (χ3v) is 4.14. The molecule has 0 spiro atoms. The molecule has 0 atom stereocenters. The number of nitrogens with two attached hydrogens (primary N) is 1. The van der Waals surface area contributed by atoms with E-state index in [1.807, 2.05) is 31.2 Å². The Hall–Kier alpha value is -2.08. The molecule has 112 valence electrons. The van der Waals surface area contributed by atoms with Gasteiger partial charge in [-0.05, 0) is 31.0 Å². The number of nitrogen functional groups attached to an aromatic ring is 1. The van der Waals surface area contributed by atoms with Crippen LogP contribution in [0, 0.1) is 6.92 Å². The first-order valence-corrected chi connectivity index (χ1v) is 7.70. The molecule has 0 aliphatic rings. The van der Waals surface area contributed by atoms with Crippen LogP contribution in [0.15, 0.2) is 34.4 Å². The minimum absolute atomic E-state index is 0.0119. The van der Waals surface area contributed by atoms with Gasteiger partial charge in [0, 0.05) is 36.3 Å². The van der Waals surface area contributed by atoms with Gasteiger partial charge in [-0.1, -0.05) is 23.5 Å². The Morgan fingerprint density at radius 1 is 1.33 bits per heavy atom. The maximum atomic E-state index is 11.8. The van der Waals surface area contributed by atoms with Gasteiger partial charge >= 0.3 is 4.87 Å². The first-order chi connectivity index (χ1) is 10.1. The zero-order valence-electron chi connectivity index (χ0n) is 12.0. The molecule has 0 aliphatic carbocycles. The predicted octanol–water partition coefficient (Wildman–Crippen LogP) is 1.55. The minimum atomic E-state index is -0.0389. The monoisotopic (exact) mass is 305 g/mol. The molecule has 0 bridgehead atoms. The van der Waals surface area contributed by atoms with E-state index in [4.69, 9.17) is 5.73 Å². The molecule has 1 amide bonds. The van der Waals surface area contributed by atoms with Crippen molar-refractivity contribution in [2.75, 3.05) is 12.3 Å². The number of carbonyl (C=O) groups excluding carboxylic acids is 1. The Labute approximate surface area is 127 Å². The summed E-state index contributed by atoms with van der Waals surface area (Å²) in [6, 6.07) is 7.61. The number of carbonyl (C=O) groups is 1. The summed E-state index contributed by atoms with van der Waals surface area (Å²) in [5.74, 6) is -0.0389. The lowest BCUT2D eigenvalue weighted by molar-refractivity contribution is -0.121. The van der Waals surface area contributed by atoms with Crippen molar-refractivity contribution in [3.05, 3.63) is 50.6 Å². The Bertz CT molecular complexity index is 658. The second kappa shape index (κ2) is 7.08. The van der Waals surface area contributed by atoms with Gasteiger partial charge in [-0.3, -0.25) is 9.59 Å². The fourth-order valence-corrected chi connectivity index (χ4v) is 2.77. The molecule has 21 heavy (non-hydrogen) atoms.